The van der Waals surface area contributed by atoms with Gasteiger partial charge in [-0.2, -0.15) is 0 Å². The fourth-order valence-corrected chi connectivity index (χ4v) is 4.08. The van der Waals surface area contributed by atoms with Crippen LogP contribution in [0.1, 0.15) is 6.42 Å². The Balaban J connectivity index is 1.72. The van der Waals surface area contributed by atoms with Gasteiger partial charge < -0.3 is 15.1 Å². The van der Waals surface area contributed by atoms with Crippen molar-refractivity contribution in [1.29, 1.82) is 0 Å². The highest BCUT2D eigenvalue weighted by atomic mass is 32.2. The van der Waals surface area contributed by atoms with Crippen molar-refractivity contribution in [3.63, 3.8) is 0 Å². The van der Waals surface area contributed by atoms with E-state index in [-0.39, 0.29) is 30.0 Å². The van der Waals surface area contributed by atoms with Gasteiger partial charge in [0, 0.05) is 32.2 Å². The van der Waals surface area contributed by atoms with Gasteiger partial charge >= 0.3 is 0 Å². The molecule has 2 saturated heterocycles. The van der Waals surface area contributed by atoms with Crippen molar-refractivity contribution in [1.82, 2.24) is 15.1 Å². The van der Waals surface area contributed by atoms with Crippen molar-refractivity contribution in [2.24, 2.45) is 0 Å². The van der Waals surface area contributed by atoms with Gasteiger partial charge in [0.2, 0.25) is 12.3 Å². The lowest BCUT2D eigenvalue weighted by atomic mass is 10.2. The minimum absolute atomic E-state index is 0.0325. The predicted molar refractivity (Wildman–Crippen MR) is 69.3 cm³/mol. The van der Waals surface area contributed by atoms with Crippen LogP contribution in [0, 0.1) is 0 Å². The highest BCUT2D eigenvalue weighted by molar-refractivity contribution is 7.91. The third-order valence-electron chi connectivity index (χ3n) is 3.59. The maximum Gasteiger partial charge on any atom is 0.236 e. The summed E-state index contributed by atoms with van der Waals surface area (Å²) in [6.07, 6.45) is 1.37. The first kappa shape index (κ1) is 14.3. The van der Waals surface area contributed by atoms with Crippen LogP contribution in [-0.2, 0) is 19.4 Å². The summed E-state index contributed by atoms with van der Waals surface area (Å²) in [5.41, 5.74) is 0. The van der Waals surface area contributed by atoms with Gasteiger partial charge in [-0.3, -0.25) is 9.59 Å². The van der Waals surface area contributed by atoms with Gasteiger partial charge in [-0.1, -0.05) is 0 Å². The molecule has 1 N–H and O–H groups in total. The van der Waals surface area contributed by atoms with Crippen LogP contribution in [0.3, 0.4) is 0 Å². The Morgan fingerprint density at radius 2 is 1.95 bits per heavy atom. The summed E-state index contributed by atoms with van der Waals surface area (Å²) in [4.78, 5) is 25.8. The molecule has 0 aromatic rings. The number of amides is 2. The number of carbonyl (C=O) groups excluding carboxylic acids is 2. The number of nitrogens with one attached hydrogen (secondary N) is 1. The van der Waals surface area contributed by atoms with E-state index in [1.54, 1.807) is 9.80 Å². The number of sulfone groups is 1. The molecule has 0 aliphatic carbocycles. The lowest BCUT2D eigenvalue weighted by Gasteiger charge is -2.32. The Labute approximate surface area is 112 Å². The minimum Gasteiger partial charge on any atom is -0.342 e. The first-order valence-corrected chi connectivity index (χ1v) is 8.23. The first-order valence-electron chi connectivity index (χ1n) is 6.41. The zero-order chi connectivity index (χ0) is 13.9. The standard InChI is InChI=1S/C11H19N3O4S/c15-9-13-2-4-14(5-3-13)11(16)7-12-10-1-6-19(17,18)8-10/h9-10,12H,1-8H2. The third kappa shape index (κ3) is 3.90. The fraction of sp³-hybridized carbons (Fsp3) is 0.818. The van der Waals surface area contributed by atoms with Crippen molar-refractivity contribution in [3.8, 4) is 0 Å². The molecule has 2 heterocycles. The lowest BCUT2D eigenvalue weighted by Crippen LogP contribution is -2.51. The van der Waals surface area contributed by atoms with Crippen molar-refractivity contribution in [2.75, 3.05) is 44.2 Å². The summed E-state index contributed by atoms with van der Waals surface area (Å²) in [7, 11) is -2.91. The van der Waals surface area contributed by atoms with Crippen LogP contribution in [-0.4, -0.2) is 80.8 Å². The van der Waals surface area contributed by atoms with Gasteiger partial charge in [0.15, 0.2) is 9.84 Å². The Morgan fingerprint density at radius 1 is 1.26 bits per heavy atom. The summed E-state index contributed by atoms with van der Waals surface area (Å²) in [6.45, 7) is 2.38. The second kappa shape index (κ2) is 5.87. The summed E-state index contributed by atoms with van der Waals surface area (Å²) >= 11 is 0. The van der Waals surface area contributed by atoms with E-state index in [0.717, 1.165) is 6.41 Å². The van der Waals surface area contributed by atoms with Gasteiger partial charge in [0.05, 0.1) is 18.1 Å². The zero-order valence-electron chi connectivity index (χ0n) is 10.7. The number of nitrogens with zero attached hydrogens (tertiary/aromatic N) is 2. The van der Waals surface area contributed by atoms with Crippen molar-refractivity contribution in [2.45, 2.75) is 12.5 Å². The molecule has 19 heavy (non-hydrogen) atoms. The molecule has 0 radical (unpaired) electrons. The Morgan fingerprint density at radius 3 is 2.47 bits per heavy atom. The molecular formula is C11H19N3O4S. The molecule has 8 heteroatoms. The smallest absolute Gasteiger partial charge is 0.236 e. The van der Waals surface area contributed by atoms with Crippen LogP contribution < -0.4 is 5.32 Å². The molecule has 2 amide bonds. The average Bonchev–Trinajstić information content (AvgIpc) is 2.76. The largest absolute Gasteiger partial charge is 0.342 e. The number of hydrogen-bond donors (Lipinski definition) is 1. The molecule has 108 valence electrons. The minimum atomic E-state index is -2.91. The Hall–Kier alpha value is -1.15. The topological polar surface area (TPSA) is 86.8 Å². The van der Waals surface area contributed by atoms with E-state index >= 15 is 0 Å². The predicted octanol–water partition coefficient (Wildman–Crippen LogP) is -1.94. The first-order chi connectivity index (χ1) is 9.00. The van der Waals surface area contributed by atoms with Crippen LogP contribution in [0.2, 0.25) is 0 Å². The summed E-state index contributed by atoms with van der Waals surface area (Å²) in [5, 5.41) is 3.01. The summed E-state index contributed by atoms with van der Waals surface area (Å²) in [6, 6.07) is -0.106. The quantitative estimate of drug-likeness (QED) is 0.609. The second-order valence-electron chi connectivity index (χ2n) is 5.00. The lowest BCUT2D eigenvalue weighted by molar-refractivity contribution is -0.134. The number of rotatable bonds is 4. The van der Waals surface area contributed by atoms with Gasteiger partial charge in [0.1, 0.15) is 0 Å². The Bertz CT molecular complexity index is 443. The van der Waals surface area contributed by atoms with E-state index in [1.807, 2.05) is 0 Å². The van der Waals surface area contributed by atoms with Crippen molar-refractivity contribution < 1.29 is 18.0 Å². The molecule has 0 aromatic heterocycles. The maximum atomic E-state index is 11.9. The van der Waals surface area contributed by atoms with Gasteiger partial charge in [-0.25, -0.2) is 8.42 Å². The number of piperazine rings is 1. The molecule has 0 spiro atoms. The van der Waals surface area contributed by atoms with E-state index in [0.29, 0.717) is 32.6 Å². The number of hydrogen-bond acceptors (Lipinski definition) is 5. The van der Waals surface area contributed by atoms with Gasteiger partial charge in [-0.05, 0) is 6.42 Å². The molecule has 2 aliphatic rings. The monoisotopic (exact) mass is 289 g/mol. The fourth-order valence-electron chi connectivity index (χ4n) is 2.38. The van der Waals surface area contributed by atoms with Crippen LogP contribution >= 0.6 is 0 Å². The molecule has 7 nitrogen and oxygen atoms in total. The van der Waals surface area contributed by atoms with Crippen LogP contribution in [0.4, 0.5) is 0 Å². The van der Waals surface area contributed by atoms with Crippen LogP contribution in [0.25, 0.3) is 0 Å². The van der Waals surface area contributed by atoms with E-state index in [4.69, 9.17) is 0 Å². The van der Waals surface area contributed by atoms with Crippen LogP contribution in [0.15, 0.2) is 0 Å². The van der Waals surface area contributed by atoms with E-state index in [2.05, 4.69) is 5.32 Å². The molecule has 0 aromatic carbocycles. The highest BCUT2D eigenvalue weighted by Crippen LogP contribution is 2.11. The molecule has 2 aliphatic heterocycles. The maximum absolute atomic E-state index is 11.9. The normalized spacial score (nSPS) is 26.4. The highest BCUT2D eigenvalue weighted by Gasteiger charge is 2.28. The zero-order valence-corrected chi connectivity index (χ0v) is 11.6. The summed E-state index contributed by atoms with van der Waals surface area (Å²) < 4.78 is 22.6. The van der Waals surface area contributed by atoms with E-state index < -0.39 is 9.84 Å². The van der Waals surface area contributed by atoms with Gasteiger partial charge in [-0.15, -0.1) is 0 Å². The third-order valence-corrected chi connectivity index (χ3v) is 5.36. The molecule has 2 rings (SSSR count). The average molecular weight is 289 g/mol. The molecular weight excluding hydrogens is 270 g/mol. The Kier molecular flexibility index (Phi) is 4.41. The molecule has 2 fully saturated rings. The SMILES string of the molecule is O=CN1CCN(C(=O)CNC2CCS(=O)(=O)C2)CC1. The van der Waals surface area contributed by atoms with Crippen LogP contribution in [0.5, 0.6) is 0 Å². The second-order valence-corrected chi connectivity index (χ2v) is 7.23. The molecule has 0 bridgehead atoms. The van der Waals surface area contributed by atoms with Gasteiger partial charge in [0.25, 0.3) is 0 Å². The van der Waals surface area contributed by atoms with Crippen molar-refractivity contribution in [3.05, 3.63) is 0 Å². The van der Waals surface area contributed by atoms with E-state index in [9.17, 15) is 18.0 Å². The van der Waals surface area contributed by atoms with Crippen molar-refractivity contribution >= 4 is 22.2 Å². The molecule has 1 unspecified atom stereocenters. The molecule has 0 saturated carbocycles. The summed E-state index contributed by atoms with van der Waals surface area (Å²) in [5.74, 6) is 0.297. The molecule has 1 atom stereocenters. The number of carbonyl (C=O) groups is 2. The van der Waals surface area contributed by atoms with E-state index in [1.165, 1.54) is 0 Å².